The van der Waals surface area contributed by atoms with E-state index in [1.807, 2.05) is 24.3 Å². The van der Waals surface area contributed by atoms with Gasteiger partial charge in [0.15, 0.2) is 5.13 Å². The van der Waals surface area contributed by atoms with E-state index in [-0.39, 0.29) is 30.1 Å². The van der Waals surface area contributed by atoms with Crippen LogP contribution in [-0.2, 0) is 17.8 Å². The number of fused-ring (bicyclic) bond motifs is 1. The van der Waals surface area contributed by atoms with Gasteiger partial charge in [0.25, 0.3) is 11.3 Å². The first kappa shape index (κ1) is 20.0. The molecule has 0 saturated carbocycles. The van der Waals surface area contributed by atoms with Gasteiger partial charge in [0, 0.05) is 35.1 Å². The van der Waals surface area contributed by atoms with Crippen molar-refractivity contribution in [2.75, 3.05) is 10.6 Å². The van der Waals surface area contributed by atoms with Crippen molar-refractivity contribution in [2.45, 2.75) is 26.3 Å². The summed E-state index contributed by atoms with van der Waals surface area (Å²) in [4.78, 5) is 37.7. The number of hydrogen-bond acceptors (Lipinski definition) is 7. The van der Waals surface area contributed by atoms with E-state index in [4.69, 9.17) is 11.6 Å². The van der Waals surface area contributed by atoms with Crippen LogP contribution >= 0.6 is 22.9 Å². The lowest BCUT2D eigenvalue weighted by molar-refractivity contribution is -0.116. The average molecular weight is 444 g/mol. The van der Waals surface area contributed by atoms with Crippen LogP contribution < -0.4 is 16.2 Å². The van der Waals surface area contributed by atoms with Gasteiger partial charge in [-0.15, -0.1) is 11.3 Å². The van der Waals surface area contributed by atoms with Crippen LogP contribution in [-0.4, -0.2) is 30.5 Å². The summed E-state index contributed by atoms with van der Waals surface area (Å²) in [7, 11) is 0. The van der Waals surface area contributed by atoms with E-state index >= 15 is 0 Å². The molecule has 0 atom stereocenters. The van der Waals surface area contributed by atoms with E-state index in [0.29, 0.717) is 33.9 Å². The van der Waals surface area contributed by atoms with E-state index in [0.717, 1.165) is 5.56 Å². The van der Waals surface area contributed by atoms with Gasteiger partial charge in [0.1, 0.15) is 0 Å². The van der Waals surface area contributed by atoms with E-state index in [1.165, 1.54) is 15.9 Å². The molecule has 4 rings (SSSR count). The Morgan fingerprint density at radius 1 is 1.27 bits per heavy atom. The second-order valence-electron chi connectivity index (χ2n) is 6.55. The molecule has 1 amide bonds. The highest BCUT2D eigenvalue weighted by Crippen LogP contribution is 2.13. The van der Waals surface area contributed by atoms with Crippen LogP contribution in [0.15, 0.2) is 40.6 Å². The maximum atomic E-state index is 12.9. The second kappa shape index (κ2) is 8.64. The summed E-state index contributed by atoms with van der Waals surface area (Å²) in [6.07, 6.45) is 2.04. The number of nitrogens with one attached hydrogen (secondary N) is 3. The topological polar surface area (TPSA) is 117 Å². The first-order valence-electron chi connectivity index (χ1n) is 9.15. The summed E-state index contributed by atoms with van der Waals surface area (Å²) < 4.78 is 1.28. The minimum atomic E-state index is -0.272. The third-order valence-electron chi connectivity index (χ3n) is 4.45. The molecule has 3 aromatic heterocycles. The van der Waals surface area contributed by atoms with Gasteiger partial charge in [-0.3, -0.25) is 14.7 Å². The smallest absolute Gasteiger partial charge is 0.277 e. The molecule has 11 heteroatoms. The summed E-state index contributed by atoms with van der Waals surface area (Å²) in [5.41, 5.74) is 1.77. The first-order valence-corrected chi connectivity index (χ1v) is 10.4. The lowest BCUT2D eigenvalue weighted by Crippen LogP contribution is -2.23. The monoisotopic (exact) mass is 443 g/mol. The zero-order chi connectivity index (χ0) is 21.1. The van der Waals surface area contributed by atoms with E-state index in [9.17, 15) is 9.59 Å². The zero-order valence-corrected chi connectivity index (χ0v) is 17.5. The summed E-state index contributed by atoms with van der Waals surface area (Å²) in [5.74, 6) is 0.489. The second-order valence-corrected chi connectivity index (χ2v) is 7.88. The number of anilines is 2. The Morgan fingerprint density at radius 3 is 2.80 bits per heavy atom. The Morgan fingerprint density at radius 2 is 2.07 bits per heavy atom. The van der Waals surface area contributed by atoms with Crippen molar-refractivity contribution in [1.82, 2.24) is 24.6 Å². The van der Waals surface area contributed by atoms with Gasteiger partial charge in [-0.25, -0.2) is 9.97 Å². The van der Waals surface area contributed by atoms with Gasteiger partial charge in [0.2, 0.25) is 11.9 Å². The molecule has 0 fully saturated rings. The van der Waals surface area contributed by atoms with Crippen molar-refractivity contribution >= 4 is 45.7 Å². The Hall–Kier alpha value is -3.24. The fourth-order valence-electron chi connectivity index (χ4n) is 2.92. The highest BCUT2D eigenvalue weighted by Gasteiger charge is 2.15. The quantitative estimate of drug-likeness (QED) is 0.404. The van der Waals surface area contributed by atoms with Crippen LogP contribution in [0.25, 0.3) is 5.78 Å². The molecule has 9 nitrogen and oxygen atoms in total. The van der Waals surface area contributed by atoms with Crippen molar-refractivity contribution in [1.29, 1.82) is 0 Å². The molecular weight excluding hydrogens is 426 g/mol. The lowest BCUT2D eigenvalue weighted by atomic mass is 10.1. The molecule has 0 aliphatic heterocycles. The fourth-order valence-corrected chi connectivity index (χ4v) is 3.59. The molecule has 0 unspecified atom stereocenters. The summed E-state index contributed by atoms with van der Waals surface area (Å²) in [5, 5.41) is 11.7. The summed E-state index contributed by atoms with van der Waals surface area (Å²) in [6.45, 7) is 2.25. The predicted molar refractivity (Wildman–Crippen MR) is 116 cm³/mol. The number of thiazole rings is 1. The normalized spacial score (nSPS) is 11.0. The van der Waals surface area contributed by atoms with E-state index in [1.54, 1.807) is 18.5 Å². The van der Waals surface area contributed by atoms with Crippen LogP contribution in [0.3, 0.4) is 0 Å². The first-order chi connectivity index (χ1) is 14.5. The third-order valence-corrected chi connectivity index (χ3v) is 5.39. The number of aromatic nitrogens is 5. The maximum Gasteiger partial charge on any atom is 0.277 e. The number of rotatable bonds is 7. The number of aryl methyl sites for hydroxylation is 1. The van der Waals surface area contributed by atoms with Crippen LogP contribution in [0.5, 0.6) is 0 Å². The van der Waals surface area contributed by atoms with Crippen LogP contribution in [0.1, 0.15) is 23.2 Å². The standard InChI is InChI=1S/C19H18ClN7O2S/c1-11-14(6-7-15(28)24-19-21-8-9-30-19)16(29)27-18(23-11)25-17(26-27)22-10-12-2-4-13(20)5-3-12/h2-5,8-9H,6-7,10H2,1H3,(H,21,24,28)(H2,22,23,25,26). The van der Waals surface area contributed by atoms with E-state index < -0.39 is 0 Å². The van der Waals surface area contributed by atoms with Gasteiger partial charge in [-0.05, 0) is 31.0 Å². The Kier molecular flexibility index (Phi) is 5.77. The van der Waals surface area contributed by atoms with Crippen molar-refractivity contribution < 1.29 is 4.79 Å². The Labute approximate surface area is 180 Å². The molecule has 0 aliphatic carbocycles. The molecule has 0 bridgehead atoms. The lowest BCUT2D eigenvalue weighted by Gasteiger charge is -2.05. The SMILES string of the molecule is Cc1nc2nc(NCc3ccc(Cl)cc3)[nH]n2c(=O)c1CCC(=O)Nc1nccs1. The molecule has 3 heterocycles. The van der Waals surface area contributed by atoms with Crippen molar-refractivity contribution in [3.05, 3.63) is 68.0 Å². The van der Waals surface area contributed by atoms with Crippen LogP contribution in [0.4, 0.5) is 11.1 Å². The number of halogens is 1. The fraction of sp³-hybridized carbons (Fsp3) is 0.211. The van der Waals surface area contributed by atoms with Gasteiger partial charge in [-0.1, -0.05) is 23.7 Å². The zero-order valence-electron chi connectivity index (χ0n) is 16.0. The number of nitrogens with zero attached hydrogens (tertiary/aromatic N) is 4. The molecule has 3 N–H and O–H groups in total. The summed E-state index contributed by atoms with van der Waals surface area (Å²) >= 11 is 7.24. The number of carbonyl (C=O) groups excluding carboxylic acids is 1. The molecular formula is C19H18ClN7O2S. The maximum absolute atomic E-state index is 12.9. The van der Waals surface area contributed by atoms with Crippen molar-refractivity contribution in [3.63, 3.8) is 0 Å². The molecule has 1 aromatic carbocycles. The van der Waals surface area contributed by atoms with Gasteiger partial charge in [-0.2, -0.15) is 9.50 Å². The van der Waals surface area contributed by atoms with Crippen LogP contribution in [0, 0.1) is 6.92 Å². The average Bonchev–Trinajstić information content (AvgIpc) is 3.37. The minimum Gasteiger partial charge on any atom is -0.351 e. The molecule has 0 spiro atoms. The predicted octanol–water partition coefficient (Wildman–Crippen LogP) is 3.02. The number of aromatic amines is 1. The van der Waals surface area contributed by atoms with Gasteiger partial charge < -0.3 is 10.6 Å². The minimum absolute atomic E-state index is 0.152. The van der Waals surface area contributed by atoms with Gasteiger partial charge >= 0.3 is 0 Å². The molecule has 0 saturated heterocycles. The molecule has 0 radical (unpaired) electrons. The number of amides is 1. The number of hydrogen-bond donors (Lipinski definition) is 3. The number of benzene rings is 1. The molecule has 4 aromatic rings. The van der Waals surface area contributed by atoms with E-state index in [2.05, 4.69) is 30.7 Å². The van der Waals surface area contributed by atoms with Crippen LogP contribution in [0.2, 0.25) is 5.02 Å². The Bertz CT molecular complexity index is 1230. The molecule has 30 heavy (non-hydrogen) atoms. The molecule has 0 aliphatic rings. The van der Waals surface area contributed by atoms with Crippen molar-refractivity contribution in [2.24, 2.45) is 0 Å². The van der Waals surface area contributed by atoms with Gasteiger partial charge in [0.05, 0.1) is 5.69 Å². The largest absolute Gasteiger partial charge is 0.351 e. The number of H-pyrrole nitrogens is 1. The number of carbonyl (C=O) groups is 1. The molecule has 154 valence electrons. The Balaban J connectivity index is 1.47. The highest BCUT2D eigenvalue weighted by molar-refractivity contribution is 7.13. The highest BCUT2D eigenvalue weighted by atomic mass is 35.5. The van der Waals surface area contributed by atoms with Crippen molar-refractivity contribution in [3.8, 4) is 0 Å². The summed E-state index contributed by atoms with van der Waals surface area (Å²) in [6, 6.07) is 7.43. The third kappa shape index (κ3) is 4.50.